The molecule has 0 aromatic carbocycles. The molecule has 1 rings (SSSR count). The Morgan fingerprint density at radius 1 is 1.45 bits per heavy atom. The zero-order valence-corrected chi connectivity index (χ0v) is 8.09. The Morgan fingerprint density at radius 2 is 2.09 bits per heavy atom. The van der Waals surface area contributed by atoms with Gasteiger partial charge in [-0.3, -0.25) is 0 Å². The summed E-state index contributed by atoms with van der Waals surface area (Å²) >= 11 is 0. The maximum Gasteiger partial charge on any atom is 0.0255 e. The summed E-state index contributed by atoms with van der Waals surface area (Å²) in [4.78, 5) is 2.33. The summed E-state index contributed by atoms with van der Waals surface area (Å²) in [5.74, 6) is 0.853. The number of hydrogen-bond donors (Lipinski definition) is 0. The Hall–Kier alpha value is -0.460. The smallest absolute Gasteiger partial charge is 0.0255 e. The zero-order valence-electron chi connectivity index (χ0n) is 8.09. The Morgan fingerprint density at radius 3 is 2.73 bits per heavy atom. The van der Waals surface area contributed by atoms with Crippen LogP contribution in [0.1, 0.15) is 33.6 Å². The summed E-state index contributed by atoms with van der Waals surface area (Å²) in [7, 11) is 2.17. The molecule has 1 heteroatoms. The molecule has 1 nitrogen and oxygen atoms in total. The number of rotatable bonds is 0. The molecular formula is C10H19N. The molecule has 0 N–H and O–H groups in total. The van der Waals surface area contributed by atoms with Crippen LogP contribution in [-0.4, -0.2) is 18.0 Å². The third kappa shape index (κ3) is 2.25. The molecule has 0 spiro atoms. The second-order valence-electron chi connectivity index (χ2n) is 4.03. The molecule has 1 aliphatic rings. The molecule has 0 radical (unpaired) electrons. The van der Waals surface area contributed by atoms with Crippen molar-refractivity contribution in [3.8, 4) is 0 Å². The van der Waals surface area contributed by atoms with Gasteiger partial charge >= 0.3 is 0 Å². The topological polar surface area (TPSA) is 3.24 Å². The van der Waals surface area contributed by atoms with Gasteiger partial charge in [0, 0.05) is 13.1 Å². The van der Waals surface area contributed by atoms with Crippen molar-refractivity contribution in [2.75, 3.05) is 7.05 Å². The minimum atomic E-state index is 0.711. The second-order valence-corrected chi connectivity index (χ2v) is 4.03. The van der Waals surface area contributed by atoms with Crippen LogP contribution in [0, 0.1) is 5.92 Å². The lowest BCUT2D eigenvalue weighted by molar-refractivity contribution is 0.310. The van der Waals surface area contributed by atoms with Gasteiger partial charge in [0.25, 0.3) is 0 Å². The van der Waals surface area contributed by atoms with Crippen molar-refractivity contribution in [1.82, 2.24) is 4.90 Å². The Bertz CT molecular complexity index is 160. The SMILES string of the molecule is CC1=CN(C)[C@@H](C)CC(C)C1. The Labute approximate surface area is 70.1 Å². The molecule has 1 aliphatic heterocycles. The van der Waals surface area contributed by atoms with E-state index in [1.54, 1.807) is 0 Å². The fourth-order valence-electron chi connectivity index (χ4n) is 1.91. The number of allylic oxidation sites excluding steroid dienone is 1. The van der Waals surface area contributed by atoms with E-state index in [2.05, 4.69) is 38.9 Å². The number of nitrogens with zero attached hydrogens (tertiary/aromatic N) is 1. The molecule has 64 valence electrons. The highest BCUT2D eigenvalue weighted by molar-refractivity contribution is 5.01. The molecule has 0 saturated heterocycles. The van der Waals surface area contributed by atoms with Crippen molar-refractivity contribution in [2.45, 2.75) is 39.7 Å². The molecule has 0 fully saturated rings. The minimum Gasteiger partial charge on any atom is -0.378 e. The van der Waals surface area contributed by atoms with Crippen LogP contribution in [0.3, 0.4) is 0 Å². The van der Waals surface area contributed by atoms with Crippen molar-refractivity contribution in [3.05, 3.63) is 11.8 Å². The summed E-state index contributed by atoms with van der Waals surface area (Å²) in [6.45, 7) is 6.86. The lowest BCUT2D eigenvalue weighted by Crippen LogP contribution is -2.23. The monoisotopic (exact) mass is 153 g/mol. The van der Waals surface area contributed by atoms with Crippen LogP contribution in [-0.2, 0) is 0 Å². The standard InChI is InChI=1S/C10H19N/c1-8-5-9(2)7-11(4)10(3)6-8/h7-8,10H,5-6H2,1-4H3/t8?,10-/m0/s1. The van der Waals surface area contributed by atoms with E-state index in [9.17, 15) is 0 Å². The normalized spacial score (nSPS) is 33.1. The molecule has 0 aromatic rings. The lowest BCUT2D eigenvalue weighted by Gasteiger charge is -2.22. The first kappa shape index (κ1) is 8.63. The van der Waals surface area contributed by atoms with Gasteiger partial charge in [0.2, 0.25) is 0 Å². The van der Waals surface area contributed by atoms with Gasteiger partial charge in [-0.2, -0.15) is 0 Å². The van der Waals surface area contributed by atoms with E-state index < -0.39 is 0 Å². The summed E-state index contributed by atoms with van der Waals surface area (Å²) in [6.07, 6.45) is 4.88. The molecule has 0 aromatic heterocycles. The quantitative estimate of drug-likeness (QED) is 0.517. The Kier molecular flexibility index (Phi) is 2.58. The first-order valence-electron chi connectivity index (χ1n) is 4.49. The van der Waals surface area contributed by atoms with E-state index in [0.717, 1.165) is 5.92 Å². The first-order valence-corrected chi connectivity index (χ1v) is 4.49. The average molecular weight is 153 g/mol. The van der Waals surface area contributed by atoms with Crippen LogP contribution in [0.5, 0.6) is 0 Å². The zero-order chi connectivity index (χ0) is 8.43. The van der Waals surface area contributed by atoms with Crippen molar-refractivity contribution in [2.24, 2.45) is 5.92 Å². The van der Waals surface area contributed by atoms with Gasteiger partial charge < -0.3 is 4.90 Å². The average Bonchev–Trinajstić information content (AvgIpc) is 1.93. The fraction of sp³-hybridized carbons (Fsp3) is 0.800. The van der Waals surface area contributed by atoms with Gasteiger partial charge in [0.05, 0.1) is 0 Å². The third-order valence-electron chi connectivity index (χ3n) is 2.53. The summed E-state index contributed by atoms with van der Waals surface area (Å²) in [5, 5.41) is 0. The molecular weight excluding hydrogens is 134 g/mol. The van der Waals surface area contributed by atoms with Gasteiger partial charge in [-0.15, -0.1) is 0 Å². The number of hydrogen-bond acceptors (Lipinski definition) is 1. The molecule has 1 unspecified atom stereocenters. The van der Waals surface area contributed by atoms with E-state index in [1.807, 2.05) is 0 Å². The molecule has 0 bridgehead atoms. The van der Waals surface area contributed by atoms with Crippen molar-refractivity contribution >= 4 is 0 Å². The van der Waals surface area contributed by atoms with Gasteiger partial charge in [-0.1, -0.05) is 12.5 Å². The van der Waals surface area contributed by atoms with Crippen molar-refractivity contribution in [1.29, 1.82) is 0 Å². The van der Waals surface area contributed by atoms with Gasteiger partial charge in [0.15, 0.2) is 0 Å². The van der Waals surface area contributed by atoms with Crippen LogP contribution >= 0.6 is 0 Å². The van der Waals surface area contributed by atoms with E-state index in [0.29, 0.717) is 6.04 Å². The molecule has 0 aliphatic carbocycles. The summed E-state index contributed by atoms with van der Waals surface area (Å²) < 4.78 is 0. The van der Waals surface area contributed by atoms with Crippen LogP contribution < -0.4 is 0 Å². The highest BCUT2D eigenvalue weighted by Crippen LogP contribution is 2.22. The van der Waals surface area contributed by atoms with Crippen LogP contribution in [0.25, 0.3) is 0 Å². The summed E-state index contributed by atoms with van der Waals surface area (Å²) in [5.41, 5.74) is 1.52. The van der Waals surface area contributed by atoms with Crippen molar-refractivity contribution in [3.63, 3.8) is 0 Å². The lowest BCUT2D eigenvalue weighted by atomic mass is 9.98. The van der Waals surface area contributed by atoms with Crippen LogP contribution in [0.4, 0.5) is 0 Å². The molecule has 11 heavy (non-hydrogen) atoms. The van der Waals surface area contributed by atoms with Crippen LogP contribution in [0.15, 0.2) is 11.8 Å². The van der Waals surface area contributed by atoms with Gasteiger partial charge in [0.1, 0.15) is 0 Å². The van der Waals surface area contributed by atoms with Crippen LogP contribution in [0.2, 0.25) is 0 Å². The second kappa shape index (κ2) is 3.29. The van der Waals surface area contributed by atoms with E-state index in [1.165, 1.54) is 18.4 Å². The van der Waals surface area contributed by atoms with E-state index in [4.69, 9.17) is 0 Å². The molecule has 0 saturated carbocycles. The largest absolute Gasteiger partial charge is 0.378 e. The third-order valence-corrected chi connectivity index (χ3v) is 2.53. The van der Waals surface area contributed by atoms with E-state index in [-0.39, 0.29) is 0 Å². The van der Waals surface area contributed by atoms with E-state index >= 15 is 0 Å². The molecule has 2 atom stereocenters. The highest BCUT2D eigenvalue weighted by atomic mass is 15.1. The Balaban J connectivity index is 2.67. The maximum absolute atomic E-state index is 2.34. The maximum atomic E-state index is 2.34. The fourth-order valence-corrected chi connectivity index (χ4v) is 1.91. The summed E-state index contributed by atoms with van der Waals surface area (Å²) in [6, 6.07) is 0.711. The molecule has 0 amide bonds. The minimum absolute atomic E-state index is 0.711. The predicted octanol–water partition coefficient (Wildman–Crippen LogP) is 2.64. The highest BCUT2D eigenvalue weighted by Gasteiger charge is 2.15. The predicted molar refractivity (Wildman–Crippen MR) is 49.4 cm³/mol. The van der Waals surface area contributed by atoms with Gasteiger partial charge in [-0.25, -0.2) is 0 Å². The molecule has 1 heterocycles. The van der Waals surface area contributed by atoms with Gasteiger partial charge in [-0.05, 0) is 38.8 Å². The van der Waals surface area contributed by atoms with Crippen molar-refractivity contribution < 1.29 is 0 Å². The first-order chi connectivity index (χ1) is 5.09.